The molecule has 1 rings (SSSR count). The van der Waals surface area contributed by atoms with E-state index in [2.05, 4.69) is 0 Å². The fraction of sp³-hybridized carbons (Fsp3) is 0.429. The van der Waals surface area contributed by atoms with Gasteiger partial charge in [0.15, 0.2) is 4.99 Å². The molecule has 0 aliphatic rings. The van der Waals surface area contributed by atoms with E-state index < -0.39 is 22.7 Å². The predicted molar refractivity (Wildman–Crippen MR) is 86.9 cm³/mol. The molecule has 0 aliphatic heterocycles. The molecule has 0 saturated carbocycles. The molecule has 0 heterocycles. The summed E-state index contributed by atoms with van der Waals surface area (Å²) in [4.78, 5) is 15.9. The lowest BCUT2D eigenvalue weighted by atomic mass is 10.2. The van der Waals surface area contributed by atoms with E-state index in [1.807, 2.05) is 43.3 Å². The molecule has 0 fully saturated rings. The third-order valence-electron chi connectivity index (χ3n) is 3.08. The van der Waals surface area contributed by atoms with Gasteiger partial charge in [-0.3, -0.25) is 9.12 Å². The molecule has 1 atom stereocenters. The van der Waals surface area contributed by atoms with Crippen molar-refractivity contribution in [1.29, 1.82) is 0 Å². The number of para-hydroxylation sites is 1. The van der Waals surface area contributed by atoms with E-state index in [0.717, 1.165) is 11.3 Å². The van der Waals surface area contributed by atoms with Crippen LogP contribution in [0.4, 0.5) is 0 Å². The Morgan fingerprint density at radius 2 is 1.91 bits per heavy atom. The Morgan fingerprint density at radius 1 is 1.30 bits per heavy atom. The Bertz CT molecular complexity index is 664. The van der Waals surface area contributed by atoms with Crippen molar-refractivity contribution >= 4 is 17.7 Å². The van der Waals surface area contributed by atoms with Crippen molar-refractivity contribution in [2.75, 3.05) is 6.61 Å². The SMILES string of the molecule is C/C(=C\CCCC(P(=O)(O)O)S(=O)(=O)O)COc1ccccc1. The molecule has 0 spiro atoms. The van der Waals surface area contributed by atoms with Crippen LogP contribution >= 0.6 is 7.60 Å². The summed E-state index contributed by atoms with van der Waals surface area (Å²) in [6.07, 6.45) is 2.14. The van der Waals surface area contributed by atoms with Crippen LogP contribution in [0, 0.1) is 0 Å². The molecule has 1 unspecified atom stereocenters. The highest BCUT2D eigenvalue weighted by molar-refractivity contribution is 7.93. The quantitative estimate of drug-likeness (QED) is 0.266. The van der Waals surface area contributed by atoms with Crippen LogP contribution in [0.15, 0.2) is 42.0 Å². The maximum atomic E-state index is 11.1. The van der Waals surface area contributed by atoms with Crippen LogP contribution in [0.25, 0.3) is 0 Å². The van der Waals surface area contributed by atoms with E-state index in [4.69, 9.17) is 19.1 Å². The molecule has 9 heteroatoms. The molecule has 1 aromatic carbocycles. The number of unbranched alkanes of at least 4 members (excludes halogenated alkanes) is 1. The summed E-state index contributed by atoms with van der Waals surface area (Å²) in [5.41, 5.74) is 0.911. The Morgan fingerprint density at radius 3 is 2.43 bits per heavy atom. The van der Waals surface area contributed by atoms with Crippen LogP contribution in [0.3, 0.4) is 0 Å². The van der Waals surface area contributed by atoms with Crippen LogP contribution < -0.4 is 4.74 Å². The molecule has 0 aromatic heterocycles. The van der Waals surface area contributed by atoms with Crippen molar-refractivity contribution in [2.24, 2.45) is 0 Å². The van der Waals surface area contributed by atoms with E-state index in [0.29, 0.717) is 13.0 Å². The molecule has 0 saturated heterocycles. The summed E-state index contributed by atoms with van der Waals surface area (Å²) in [5, 5.41) is 0. The minimum absolute atomic E-state index is 0.220. The van der Waals surface area contributed by atoms with E-state index in [-0.39, 0.29) is 12.8 Å². The van der Waals surface area contributed by atoms with E-state index in [9.17, 15) is 13.0 Å². The van der Waals surface area contributed by atoms with Gasteiger partial charge < -0.3 is 14.5 Å². The van der Waals surface area contributed by atoms with Gasteiger partial charge in [0.05, 0.1) is 0 Å². The standard InChI is InChI=1S/C14H21O7PS/c1-12(11-21-13-8-3-2-4-9-13)7-5-6-10-14(22(15,16)17)23(18,19)20/h2-4,7-9,14H,5-6,10-11H2,1H3,(H2,15,16,17)(H,18,19,20)/b12-7+. The fourth-order valence-corrected chi connectivity index (χ4v) is 4.28. The third kappa shape index (κ3) is 7.76. The lowest BCUT2D eigenvalue weighted by molar-refractivity contribution is 0.351. The average Bonchev–Trinajstić information content (AvgIpc) is 2.43. The van der Waals surface area contributed by atoms with Crippen LogP contribution in [-0.2, 0) is 14.7 Å². The van der Waals surface area contributed by atoms with Gasteiger partial charge in [-0.1, -0.05) is 24.3 Å². The second kappa shape index (κ2) is 8.61. The second-order valence-electron chi connectivity index (χ2n) is 5.14. The van der Waals surface area contributed by atoms with E-state index in [1.165, 1.54) is 0 Å². The van der Waals surface area contributed by atoms with Crippen molar-refractivity contribution in [1.82, 2.24) is 0 Å². The highest BCUT2D eigenvalue weighted by Crippen LogP contribution is 2.46. The first-order valence-electron chi connectivity index (χ1n) is 6.95. The molecule has 0 bridgehead atoms. The zero-order valence-corrected chi connectivity index (χ0v) is 14.4. The third-order valence-corrected chi connectivity index (χ3v) is 6.63. The summed E-state index contributed by atoms with van der Waals surface area (Å²) >= 11 is 0. The second-order valence-corrected chi connectivity index (χ2v) is 8.89. The molecule has 130 valence electrons. The maximum absolute atomic E-state index is 11.1. The fourth-order valence-electron chi connectivity index (χ4n) is 1.90. The Kier molecular flexibility index (Phi) is 7.44. The molecule has 7 nitrogen and oxygen atoms in total. The Hall–Kier alpha value is -1.18. The van der Waals surface area contributed by atoms with Crippen molar-refractivity contribution in [3.63, 3.8) is 0 Å². The lowest BCUT2D eigenvalue weighted by Gasteiger charge is -2.14. The summed E-state index contributed by atoms with van der Waals surface area (Å²) in [6.45, 7) is 2.20. The van der Waals surface area contributed by atoms with Crippen molar-refractivity contribution < 1.29 is 32.1 Å². The first-order chi connectivity index (χ1) is 10.6. The lowest BCUT2D eigenvalue weighted by Crippen LogP contribution is -2.20. The number of allylic oxidation sites excluding steroid dienone is 1. The summed E-state index contributed by atoms with van der Waals surface area (Å²) in [5.74, 6) is 0.730. The molecular formula is C14H21O7PS. The molecule has 23 heavy (non-hydrogen) atoms. The first-order valence-corrected chi connectivity index (χ1v) is 10.1. The highest BCUT2D eigenvalue weighted by Gasteiger charge is 2.38. The van der Waals surface area contributed by atoms with Crippen LogP contribution in [0.5, 0.6) is 5.75 Å². The normalized spacial score (nSPS) is 14.5. The number of hydrogen-bond acceptors (Lipinski definition) is 4. The van der Waals surface area contributed by atoms with Gasteiger partial charge in [-0.05, 0) is 43.9 Å². The van der Waals surface area contributed by atoms with Crippen molar-refractivity contribution in [3.8, 4) is 5.75 Å². The summed E-state index contributed by atoms with van der Waals surface area (Å²) in [6, 6.07) is 9.23. The van der Waals surface area contributed by atoms with Crippen LogP contribution in [0.2, 0.25) is 0 Å². The predicted octanol–water partition coefficient (Wildman–Crippen LogP) is 2.57. The molecule has 3 N–H and O–H groups in total. The molecule has 1 aromatic rings. The number of rotatable bonds is 9. The summed E-state index contributed by atoms with van der Waals surface area (Å²) < 4.78 is 47.5. The summed E-state index contributed by atoms with van der Waals surface area (Å²) in [7, 11) is -9.68. The average molecular weight is 364 g/mol. The highest BCUT2D eigenvalue weighted by atomic mass is 32.2. The van der Waals surface area contributed by atoms with Gasteiger partial charge in [0, 0.05) is 0 Å². The molecule has 0 radical (unpaired) electrons. The van der Waals surface area contributed by atoms with Gasteiger partial charge in [0.25, 0.3) is 10.1 Å². The van der Waals surface area contributed by atoms with Gasteiger partial charge in [-0.15, -0.1) is 0 Å². The Labute approximate surface area is 135 Å². The zero-order chi connectivity index (χ0) is 17.5. The van der Waals surface area contributed by atoms with E-state index >= 15 is 0 Å². The zero-order valence-electron chi connectivity index (χ0n) is 12.7. The minimum Gasteiger partial charge on any atom is -0.489 e. The van der Waals surface area contributed by atoms with Crippen molar-refractivity contribution in [3.05, 3.63) is 42.0 Å². The van der Waals surface area contributed by atoms with Crippen LogP contribution in [0.1, 0.15) is 26.2 Å². The van der Waals surface area contributed by atoms with Crippen molar-refractivity contribution in [2.45, 2.75) is 31.2 Å². The number of ether oxygens (including phenoxy) is 1. The molecular weight excluding hydrogens is 343 g/mol. The Balaban J connectivity index is 2.44. The number of hydrogen-bond donors (Lipinski definition) is 3. The van der Waals surface area contributed by atoms with Gasteiger partial charge in [-0.25, -0.2) is 0 Å². The maximum Gasteiger partial charge on any atom is 0.346 e. The van der Waals surface area contributed by atoms with Gasteiger partial charge in [-0.2, -0.15) is 8.42 Å². The molecule has 0 amide bonds. The van der Waals surface area contributed by atoms with E-state index in [1.54, 1.807) is 0 Å². The minimum atomic E-state index is -4.90. The van der Waals surface area contributed by atoms with Gasteiger partial charge in [0.2, 0.25) is 0 Å². The van der Waals surface area contributed by atoms with Gasteiger partial charge >= 0.3 is 7.60 Å². The smallest absolute Gasteiger partial charge is 0.346 e. The monoisotopic (exact) mass is 364 g/mol. The van der Waals surface area contributed by atoms with Gasteiger partial charge in [0.1, 0.15) is 12.4 Å². The number of benzene rings is 1. The topological polar surface area (TPSA) is 121 Å². The molecule has 0 aliphatic carbocycles. The first kappa shape index (κ1) is 19.9. The largest absolute Gasteiger partial charge is 0.489 e. The van der Waals surface area contributed by atoms with Crippen LogP contribution in [-0.4, -0.2) is 34.4 Å².